The fourth-order valence-electron chi connectivity index (χ4n) is 1.58. The standard InChI is InChI=1S/C13H16N2O2S2/c1-9-5-6-18-11(9)7-14-13-15-10(8-19-13)3-4-12(16)17-2/h5-6,8H,3-4,7H2,1-2H3,(H,14,15). The van der Waals surface area contributed by atoms with E-state index in [0.717, 1.165) is 17.4 Å². The fraction of sp³-hybridized carbons (Fsp3) is 0.385. The van der Waals surface area contributed by atoms with Gasteiger partial charge in [0, 0.05) is 16.7 Å². The van der Waals surface area contributed by atoms with E-state index in [1.807, 2.05) is 5.38 Å². The Kier molecular flexibility index (Phi) is 4.93. The number of thiazole rings is 1. The van der Waals surface area contributed by atoms with Gasteiger partial charge in [-0.25, -0.2) is 4.98 Å². The van der Waals surface area contributed by atoms with E-state index < -0.39 is 0 Å². The minimum absolute atomic E-state index is 0.197. The highest BCUT2D eigenvalue weighted by Crippen LogP contribution is 2.20. The SMILES string of the molecule is COC(=O)CCc1csc(NCc2sccc2C)n1. The monoisotopic (exact) mass is 296 g/mol. The summed E-state index contributed by atoms with van der Waals surface area (Å²) in [5.74, 6) is -0.197. The lowest BCUT2D eigenvalue weighted by molar-refractivity contribution is -0.140. The molecule has 2 heterocycles. The third-order valence-corrected chi connectivity index (χ3v) is 4.60. The van der Waals surface area contributed by atoms with Crippen molar-refractivity contribution < 1.29 is 9.53 Å². The van der Waals surface area contributed by atoms with Crippen LogP contribution in [-0.2, 0) is 22.5 Å². The maximum atomic E-state index is 11.0. The normalized spacial score (nSPS) is 10.4. The molecular formula is C13H16N2O2S2. The molecule has 0 fully saturated rings. The van der Waals surface area contributed by atoms with E-state index in [1.165, 1.54) is 17.6 Å². The first kappa shape index (κ1) is 14.0. The highest BCUT2D eigenvalue weighted by molar-refractivity contribution is 7.13. The maximum absolute atomic E-state index is 11.0. The Morgan fingerprint density at radius 3 is 3.00 bits per heavy atom. The van der Waals surface area contributed by atoms with Crippen LogP contribution < -0.4 is 5.32 Å². The van der Waals surface area contributed by atoms with Gasteiger partial charge >= 0.3 is 5.97 Å². The first-order valence-corrected chi connectivity index (χ1v) is 7.73. The molecule has 0 aliphatic rings. The van der Waals surface area contributed by atoms with Gasteiger partial charge in [0.15, 0.2) is 5.13 Å². The minimum atomic E-state index is -0.197. The molecule has 0 spiro atoms. The van der Waals surface area contributed by atoms with Crippen molar-refractivity contribution in [1.29, 1.82) is 0 Å². The number of hydrogen-bond donors (Lipinski definition) is 1. The van der Waals surface area contributed by atoms with Gasteiger partial charge in [0.2, 0.25) is 0 Å². The molecule has 0 unspecified atom stereocenters. The number of ether oxygens (including phenoxy) is 1. The molecule has 0 atom stereocenters. The Bertz CT molecular complexity index is 548. The second-order valence-corrected chi connectivity index (χ2v) is 5.96. The topological polar surface area (TPSA) is 51.2 Å². The van der Waals surface area contributed by atoms with E-state index in [0.29, 0.717) is 12.8 Å². The zero-order valence-corrected chi connectivity index (χ0v) is 12.6. The van der Waals surface area contributed by atoms with Gasteiger partial charge in [0.05, 0.1) is 25.8 Å². The minimum Gasteiger partial charge on any atom is -0.469 e. The number of nitrogens with one attached hydrogen (secondary N) is 1. The van der Waals surface area contributed by atoms with E-state index in [1.54, 1.807) is 22.7 Å². The molecule has 0 aromatic carbocycles. The van der Waals surface area contributed by atoms with Crippen LogP contribution in [0.25, 0.3) is 0 Å². The predicted molar refractivity (Wildman–Crippen MR) is 78.8 cm³/mol. The van der Waals surface area contributed by atoms with Crippen LogP contribution in [0.15, 0.2) is 16.8 Å². The van der Waals surface area contributed by atoms with Gasteiger partial charge in [-0.1, -0.05) is 0 Å². The van der Waals surface area contributed by atoms with Crippen LogP contribution in [0.1, 0.15) is 22.6 Å². The summed E-state index contributed by atoms with van der Waals surface area (Å²) < 4.78 is 4.61. The summed E-state index contributed by atoms with van der Waals surface area (Å²) in [7, 11) is 1.40. The van der Waals surface area contributed by atoms with Crippen molar-refractivity contribution in [2.75, 3.05) is 12.4 Å². The molecule has 102 valence electrons. The van der Waals surface area contributed by atoms with Crippen LogP contribution in [0.2, 0.25) is 0 Å². The second kappa shape index (κ2) is 6.68. The molecule has 19 heavy (non-hydrogen) atoms. The molecule has 2 aromatic rings. The molecule has 0 bridgehead atoms. The average molecular weight is 296 g/mol. The average Bonchev–Trinajstić information content (AvgIpc) is 3.02. The van der Waals surface area contributed by atoms with Gasteiger partial charge in [-0.2, -0.15) is 0 Å². The molecule has 2 aromatic heterocycles. The number of aromatic nitrogens is 1. The van der Waals surface area contributed by atoms with E-state index in [2.05, 4.69) is 33.4 Å². The number of rotatable bonds is 6. The van der Waals surface area contributed by atoms with Crippen LogP contribution >= 0.6 is 22.7 Å². The van der Waals surface area contributed by atoms with Gasteiger partial charge in [-0.15, -0.1) is 22.7 Å². The maximum Gasteiger partial charge on any atom is 0.305 e. The summed E-state index contributed by atoms with van der Waals surface area (Å²) in [4.78, 5) is 16.8. The summed E-state index contributed by atoms with van der Waals surface area (Å²) in [5, 5.41) is 8.28. The lowest BCUT2D eigenvalue weighted by Crippen LogP contribution is -2.02. The zero-order valence-electron chi connectivity index (χ0n) is 10.9. The van der Waals surface area contributed by atoms with Gasteiger partial charge in [0.25, 0.3) is 0 Å². The zero-order chi connectivity index (χ0) is 13.7. The summed E-state index contributed by atoms with van der Waals surface area (Å²) in [6.45, 7) is 2.91. The first-order valence-electron chi connectivity index (χ1n) is 5.97. The van der Waals surface area contributed by atoms with E-state index in [-0.39, 0.29) is 5.97 Å². The molecule has 1 N–H and O–H groups in total. The number of hydrogen-bond acceptors (Lipinski definition) is 6. The number of nitrogens with zero attached hydrogens (tertiary/aromatic N) is 1. The molecule has 0 saturated carbocycles. The number of methoxy groups -OCH3 is 1. The number of anilines is 1. The van der Waals surface area contributed by atoms with Crippen LogP contribution in [0, 0.1) is 6.92 Å². The number of esters is 1. The summed E-state index contributed by atoms with van der Waals surface area (Å²) in [5.41, 5.74) is 2.24. The largest absolute Gasteiger partial charge is 0.469 e. The Hall–Kier alpha value is -1.40. The fourth-order valence-corrected chi connectivity index (χ4v) is 3.17. The number of thiophene rings is 1. The molecule has 0 saturated heterocycles. The Labute approximate surface area is 120 Å². The Morgan fingerprint density at radius 2 is 2.32 bits per heavy atom. The predicted octanol–water partition coefficient (Wildman–Crippen LogP) is 3.23. The lowest BCUT2D eigenvalue weighted by atomic mass is 10.2. The van der Waals surface area contributed by atoms with Crippen molar-refractivity contribution in [3.05, 3.63) is 33.0 Å². The Balaban J connectivity index is 1.84. The molecule has 6 heteroatoms. The molecule has 0 aliphatic heterocycles. The van der Waals surface area contributed by atoms with Gasteiger partial charge in [0.1, 0.15) is 0 Å². The van der Waals surface area contributed by atoms with Crippen LogP contribution in [0.4, 0.5) is 5.13 Å². The third-order valence-electron chi connectivity index (χ3n) is 2.73. The number of carbonyl (C=O) groups excluding carboxylic acids is 1. The van der Waals surface area contributed by atoms with Crippen molar-refractivity contribution in [1.82, 2.24) is 4.98 Å². The molecule has 4 nitrogen and oxygen atoms in total. The van der Waals surface area contributed by atoms with Crippen LogP contribution in [0.3, 0.4) is 0 Å². The van der Waals surface area contributed by atoms with Crippen LogP contribution in [-0.4, -0.2) is 18.1 Å². The molecular weight excluding hydrogens is 280 g/mol. The number of aryl methyl sites for hydroxylation is 2. The van der Waals surface area contributed by atoms with E-state index in [4.69, 9.17) is 0 Å². The molecule has 0 amide bonds. The summed E-state index contributed by atoms with van der Waals surface area (Å²) in [6, 6.07) is 2.12. The van der Waals surface area contributed by atoms with Gasteiger partial charge in [-0.3, -0.25) is 4.79 Å². The van der Waals surface area contributed by atoms with Gasteiger partial charge in [-0.05, 0) is 23.9 Å². The quantitative estimate of drug-likeness (QED) is 0.832. The second-order valence-electron chi connectivity index (χ2n) is 4.10. The highest BCUT2D eigenvalue weighted by atomic mass is 32.1. The Morgan fingerprint density at radius 1 is 1.47 bits per heavy atom. The van der Waals surface area contributed by atoms with Crippen molar-refractivity contribution >= 4 is 33.8 Å². The summed E-state index contributed by atoms with van der Waals surface area (Å²) in [6.07, 6.45) is 1.01. The van der Waals surface area contributed by atoms with Crippen molar-refractivity contribution in [3.8, 4) is 0 Å². The van der Waals surface area contributed by atoms with Crippen LogP contribution in [0.5, 0.6) is 0 Å². The summed E-state index contributed by atoms with van der Waals surface area (Å²) >= 11 is 3.31. The van der Waals surface area contributed by atoms with Crippen molar-refractivity contribution in [3.63, 3.8) is 0 Å². The van der Waals surface area contributed by atoms with Crippen molar-refractivity contribution in [2.24, 2.45) is 0 Å². The third kappa shape index (κ3) is 4.04. The smallest absolute Gasteiger partial charge is 0.305 e. The van der Waals surface area contributed by atoms with E-state index in [9.17, 15) is 4.79 Å². The molecule has 0 radical (unpaired) electrons. The van der Waals surface area contributed by atoms with Crippen molar-refractivity contribution in [2.45, 2.75) is 26.3 Å². The lowest BCUT2D eigenvalue weighted by Gasteiger charge is -2.01. The van der Waals surface area contributed by atoms with E-state index >= 15 is 0 Å². The first-order chi connectivity index (χ1) is 9.19. The highest BCUT2D eigenvalue weighted by Gasteiger charge is 2.06. The molecule has 0 aliphatic carbocycles. The number of carbonyl (C=O) groups is 1. The van der Waals surface area contributed by atoms with Gasteiger partial charge < -0.3 is 10.1 Å². The molecule has 2 rings (SSSR count).